The number of carbonyl (C=O) groups excluding carboxylic acids is 1. The number of hydrogen-bond donors (Lipinski definition) is 1. The predicted octanol–water partition coefficient (Wildman–Crippen LogP) is 2.77. The topological polar surface area (TPSA) is 52.9 Å². The Bertz CT molecular complexity index is 249. The van der Waals surface area contributed by atoms with E-state index in [1.54, 1.807) is 0 Å². The van der Waals surface area contributed by atoms with E-state index in [0.29, 0.717) is 18.8 Å². The van der Waals surface area contributed by atoms with Crippen molar-refractivity contribution in [2.75, 3.05) is 0 Å². The highest BCUT2D eigenvalue weighted by Gasteiger charge is 2.17. The molecule has 0 aromatic heterocycles. The number of rotatable bonds is 4. The molecule has 1 aliphatic rings. The molecule has 1 amide bonds. The minimum absolute atomic E-state index is 0.0558. The van der Waals surface area contributed by atoms with Crippen LogP contribution in [0.3, 0.4) is 0 Å². The Balaban J connectivity index is 2.29. The second-order valence-electron chi connectivity index (χ2n) is 4.72. The first-order valence-corrected chi connectivity index (χ1v) is 6.45. The lowest BCUT2D eigenvalue weighted by molar-refractivity contribution is -0.122. The summed E-state index contributed by atoms with van der Waals surface area (Å²) in [6.45, 7) is 1.92. The number of nitrogens with zero attached hydrogens (tertiary/aromatic N) is 1. The normalized spacial score (nSPS) is 19.5. The van der Waals surface area contributed by atoms with Gasteiger partial charge in [0.15, 0.2) is 0 Å². The van der Waals surface area contributed by atoms with Crippen molar-refractivity contribution in [2.45, 2.75) is 64.3 Å². The van der Waals surface area contributed by atoms with Crippen molar-refractivity contribution in [1.29, 1.82) is 5.26 Å². The van der Waals surface area contributed by atoms with E-state index in [4.69, 9.17) is 5.26 Å². The molecule has 1 aliphatic carbocycles. The van der Waals surface area contributed by atoms with Gasteiger partial charge < -0.3 is 5.32 Å². The van der Waals surface area contributed by atoms with E-state index in [2.05, 4.69) is 11.4 Å². The van der Waals surface area contributed by atoms with Crippen LogP contribution < -0.4 is 5.32 Å². The average Bonchev–Trinajstić information content (AvgIpc) is 2.54. The highest BCUT2D eigenvalue weighted by Crippen LogP contribution is 2.25. The standard InChI is InChI=1S/C13H22N2O/c1-2-12(10-14)15-13(16)9-11-7-5-3-4-6-8-11/h11-12H,2-9H2,1H3,(H,15,16). The molecule has 0 saturated heterocycles. The van der Waals surface area contributed by atoms with Crippen LogP contribution in [0.25, 0.3) is 0 Å². The molecule has 0 radical (unpaired) electrons. The first-order valence-electron chi connectivity index (χ1n) is 6.45. The molecule has 3 heteroatoms. The van der Waals surface area contributed by atoms with Gasteiger partial charge in [0.1, 0.15) is 6.04 Å². The van der Waals surface area contributed by atoms with Crippen molar-refractivity contribution in [2.24, 2.45) is 5.92 Å². The van der Waals surface area contributed by atoms with Gasteiger partial charge in [0.2, 0.25) is 5.91 Å². The van der Waals surface area contributed by atoms with Crippen LogP contribution >= 0.6 is 0 Å². The Hall–Kier alpha value is -1.04. The Labute approximate surface area is 98.2 Å². The van der Waals surface area contributed by atoms with E-state index in [9.17, 15) is 4.79 Å². The van der Waals surface area contributed by atoms with Crippen molar-refractivity contribution in [3.05, 3.63) is 0 Å². The van der Waals surface area contributed by atoms with Crippen molar-refractivity contribution >= 4 is 5.91 Å². The molecular weight excluding hydrogens is 200 g/mol. The minimum Gasteiger partial charge on any atom is -0.340 e. The van der Waals surface area contributed by atoms with E-state index >= 15 is 0 Å². The van der Waals surface area contributed by atoms with Gasteiger partial charge in [0.25, 0.3) is 0 Å². The molecule has 1 fully saturated rings. The summed E-state index contributed by atoms with van der Waals surface area (Å²) in [4.78, 5) is 11.7. The molecule has 0 aliphatic heterocycles. The number of nitrogens with one attached hydrogen (secondary N) is 1. The molecule has 1 unspecified atom stereocenters. The van der Waals surface area contributed by atoms with Crippen LogP contribution in [0.5, 0.6) is 0 Å². The fourth-order valence-corrected chi connectivity index (χ4v) is 2.31. The number of carbonyl (C=O) groups is 1. The molecule has 1 saturated carbocycles. The van der Waals surface area contributed by atoms with Crippen molar-refractivity contribution in [3.8, 4) is 6.07 Å². The van der Waals surface area contributed by atoms with Crippen LogP contribution in [0.15, 0.2) is 0 Å². The molecule has 0 bridgehead atoms. The zero-order valence-corrected chi connectivity index (χ0v) is 10.2. The molecule has 0 aromatic rings. The van der Waals surface area contributed by atoms with E-state index in [1.807, 2.05) is 6.92 Å². The summed E-state index contributed by atoms with van der Waals surface area (Å²) in [5.74, 6) is 0.596. The summed E-state index contributed by atoms with van der Waals surface area (Å²) < 4.78 is 0. The Morgan fingerprint density at radius 2 is 2.00 bits per heavy atom. The maximum Gasteiger partial charge on any atom is 0.221 e. The largest absolute Gasteiger partial charge is 0.340 e. The van der Waals surface area contributed by atoms with Gasteiger partial charge in [-0.05, 0) is 25.2 Å². The van der Waals surface area contributed by atoms with Gasteiger partial charge >= 0.3 is 0 Å². The smallest absolute Gasteiger partial charge is 0.221 e. The Kier molecular flexibility index (Phi) is 5.92. The third-order valence-electron chi connectivity index (χ3n) is 3.35. The van der Waals surface area contributed by atoms with Gasteiger partial charge in [-0.25, -0.2) is 0 Å². The molecule has 1 N–H and O–H groups in total. The lowest BCUT2D eigenvalue weighted by Crippen LogP contribution is -2.34. The summed E-state index contributed by atoms with van der Waals surface area (Å²) >= 11 is 0. The summed E-state index contributed by atoms with van der Waals surface area (Å²) in [6.07, 6.45) is 8.79. The van der Waals surface area contributed by atoms with Gasteiger partial charge in [-0.3, -0.25) is 4.79 Å². The zero-order chi connectivity index (χ0) is 11.8. The van der Waals surface area contributed by atoms with Crippen molar-refractivity contribution in [1.82, 2.24) is 5.32 Å². The maximum atomic E-state index is 11.7. The second-order valence-corrected chi connectivity index (χ2v) is 4.72. The summed E-state index contributed by atoms with van der Waals surface area (Å²) in [5.41, 5.74) is 0. The fourth-order valence-electron chi connectivity index (χ4n) is 2.31. The number of nitriles is 1. The molecule has 16 heavy (non-hydrogen) atoms. The van der Waals surface area contributed by atoms with Crippen LogP contribution in [0.2, 0.25) is 0 Å². The van der Waals surface area contributed by atoms with E-state index in [-0.39, 0.29) is 11.9 Å². The summed E-state index contributed by atoms with van der Waals surface area (Å²) in [7, 11) is 0. The zero-order valence-electron chi connectivity index (χ0n) is 10.2. The van der Waals surface area contributed by atoms with Gasteiger partial charge in [-0.2, -0.15) is 5.26 Å². The third-order valence-corrected chi connectivity index (χ3v) is 3.35. The van der Waals surface area contributed by atoms with Crippen LogP contribution in [-0.4, -0.2) is 11.9 Å². The molecule has 0 spiro atoms. The number of amides is 1. The number of hydrogen-bond acceptors (Lipinski definition) is 2. The van der Waals surface area contributed by atoms with Crippen LogP contribution in [0, 0.1) is 17.2 Å². The molecular formula is C13H22N2O. The second kappa shape index (κ2) is 7.27. The van der Waals surface area contributed by atoms with Gasteiger partial charge in [-0.15, -0.1) is 0 Å². The third kappa shape index (κ3) is 4.65. The first kappa shape index (κ1) is 13.0. The highest BCUT2D eigenvalue weighted by atomic mass is 16.1. The van der Waals surface area contributed by atoms with E-state index in [0.717, 1.165) is 0 Å². The van der Waals surface area contributed by atoms with E-state index < -0.39 is 0 Å². The van der Waals surface area contributed by atoms with Crippen molar-refractivity contribution in [3.63, 3.8) is 0 Å². The fraction of sp³-hybridized carbons (Fsp3) is 0.846. The van der Waals surface area contributed by atoms with Gasteiger partial charge in [0, 0.05) is 6.42 Å². The van der Waals surface area contributed by atoms with Gasteiger partial charge in [0.05, 0.1) is 6.07 Å². The molecule has 1 atom stereocenters. The lowest BCUT2D eigenvalue weighted by atomic mass is 9.96. The monoisotopic (exact) mass is 222 g/mol. The molecule has 0 aromatic carbocycles. The maximum absolute atomic E-state index is 11.7. The molecule has 0 heterocycles. The predicted molar refractivity (Wildman–Crippen MR) is 63.6 cm³/mol. The molecule has 1 rings (SSSR count). The van der Waals surface area contributed by atoms with Crippen LogP contribution in [0.1, 0.15) is 58.3 Å². The first-order chi connectivity index (χ1) is 7.76. The van der Waals surface area contributed by atoms with Gasteiger partial charge in [-0.1, -0.05) is 32.6 Å². The van der Waals surface area contributed by atoms with Crippen molar-refractivity contribution < 1.29 is 4.79 Å². The lowest BCUT2D eigenvalue weighted by Gasteiger charge is -2.15. The minimum atomic E-state index is -0.307. The Morgan fingerprint density at radius 3 is 2.50 bits per heavy atom. The summed E-state index contributed by atoms with van der Waals surface area (Å²) in [5, 5.41) is 11.5. The summed E-state index contributed by atoms with van der Waals surface area (Å²) in [6, 6.07) is 1.79. The van der Waals surface area contributed by atoms with Crippen LogP contribution in [0.4, 0.5) is 0 Å². The molecule has 90 valence electrons. The van der Waals surface area contributed by atoms with Crippen LogP contribution in [-0.2, 0) is 4.79 Å². The quantitative estimate of drug-likeness (QED) is 0.744. The Morgan fingerprint density at radius 1 is 1.38 bits per heavy atom. The SMILES string of the molecule is CCC(C#N)NC(=O)CC1CCCCCC1. The van der Waals surface area contributed by atoms with E-state index in [1.165, 1.54) is 38.5 Å². The molecule has 3 nitrogen and oxygen atoms in total. The average molecular weight is 222 g/mol. The highest BCUT2D eigenvalue weighted by molar-refractivity contribution is 5.76.